The zero-order chi connectivity index (χ0) is 19.8. The van der Waals surface area contributed by atoms with Crippen LogP contribution in [0.3, 0.4) is 0 Å². The second kappa shape index (κ2) is 10.2. The molecule has 5 heteroatoms. The summed E-state index contributed by atoms with van der Waals surface area (Å²) in [6, 6.07) is 15.9. The summed E-state index contributed by atoms with van der Waals surface area (Å²) in [6.07, 6.45) is 2.17. The molecule has 0 spiro atoms. The maximum absolute atomic E-state index is 11.4. The number of nitrogens with zero attached hydrogens (tertiary/aromatic N) is 1. The minimum atomic E-state index is 0.0138. The summed E-state index contributed by atoms with van der Waals surface area (Å²) in [5.41, 5.74) is 3.05. The summed E-state index contributed by atoms with van der Waals surface area (Å²) in [4.78, 5) is 13.0. The van der Waals surface area contributed by atoms with Crippen LogP contribution in [0.25, 0.3) is 0 Å². The average Bonchev–Trinajstić information content (AvgIpc) is 2.73. The van der Waals surface area contributed by atoms with Gasteiger partial charge in [0, 0.05) is 32.9 Å². The third-order valence-corrected chi connectivity index (χ3v) is 5.06. The SMILES string of the molecule is CC(=O)N(C)c1ccc(COc2cccc(COCC3CCOCC3)c2)cc1. The standard InChI is InChI=1S/C23H29NO4/c1-18(25)24(2)22-8-6-19(7-9-22)17-28-23-5-3-4-21(14-23)16-27-15-20-10-12-26-13-11-20/h3-9,14,20H,10-13,15-17H2,1-2H3. The maximum atomic E-state index is 11.4. The van der Waals surface area contributed by atoms with Crippen LogP contribution >= 0.6 is 0 Å². The first-order chi connectivity index (χ1) is 13.6. The molecule has 5 nitrogen and oxygen atoms in total. The van der Waals surface area contributed by atoms with Crippen molar-refractivity contribution in [3.05, 3.63) is 59.7 Å². The largest absolute Gasteiger partial charge is 0.489 e. The molecule has 0 unspecified atom stereocenters. The summed E-state index contributed by atoms with van der Waals surface area (Å²) in [5, 5.41) is 0. The van der Waals surface area contributed by atoms with Gasteiger partial charge in [-0.3, -0.25) is 4.79 Å². The number of hydrogen-bond donors (Lipinski definition) is 0. The number of anilines is 1. The second-order valence-electron chi connectivity index (χ2n) is 7.25. The molecule has 28 heavy (non-hydrogen) atoms. The Bertz CT molecular complexity index is 753. The monoisotopic (exact) mass is 383 g/mol. The molecule has 2 aromatic carbocycles. The molecule has 0 aromatic heterocycles. The summed E-state index contributed by atoms with van der Waals surface area (Å²) >= 11 is 0. The smallest absolute Gasteiger partial charge is 0.223 e. The van der Waals surface area contributed by atoms with Gasteiger partial charge in [-0.15, -0.1) is 0 Å². The minimum Gasteiger partial charge on any atom is -0.489 e. The van der Waals surface area contributed by atoms with E-state index in [4.69, 9.17) is 14.2 Å². The van der Waals surface area contributed by atoms with Gasteiger partial charge in [-0.25, -0.2) is 0 Å². The van der Waals surface area contributed by atoms with Crippen molar-refractivity contribution in [2.75, 3.05) is 31.8 Å². The van der Waals surface area contributed by atoms with Crippen LogP contribution in [0.2, 0.25) is 0 Å². The van der Waals surface area contributed by atoms with Crippen LogP contribution in [0.15, 0.2) is 48.5 Å². The number of ether oxygens (including phenoxy) is 3. The minimum absolute atomic E-state index is 0.0138. The fourth-order valence-electron chi connectivity index (χ4n) is 3.15. The quantitative estimate of drug-likeness (QED) is 0.686. The fraction of sp³-hybridized carbons (Fsp3) is 0.435. The Labute approximate surface area is 167 Å². The predicted octanol–water partition coefficient (Wildman–Crippen LogP) is 4.19. The zero-order valence-electron chi connectivity index (χ0n) is 16.7. The molecular formula is C23H29NO4. The number of carbonyl (C=O) groups is 1. The first-order valence-electron chi connectivity index (χ1n) is 9.82. The van der Waals surface area contributed by atoms with E-state index in [9.17, 15) is 4.79 Å². The van der Waals surface area contributed by atoms with Crippen molar-refractivity contribution in [1.82, 2.24) is 0 Å². The molecule has 0 N–H and O–H groups in total. The number of rotatable bonds is 8. The zero-order valence-corrected chi connectivity index (χ0v) is 16.7. The van der Waals surface area contributed by atoms with Gasteiger partial charge in [0.2, 0.25) is 5.91 Å². The van der Waals surface area contributed by atoms with E-state index in [0.29, 0.717) is 19.1 Å². The number of hydrogen-bond acceptors (Lipinski definition) is 4. The van der Waals surface area contributed by atoms with Crippen LogP contribution < -0.4 is 9.64 Å². The van der Waals surface area contributed by atoms with Gasteiger partial charge in [0.25, 0.3) is 0 Å². The third kappa shape index (κ3) is 6.08. The van der Waals surface area contributed by atoms with E-state index < -0.39 is 0 Å². The van der Waals surface area contributed by atoms with Gasteiger partial charge < -0.3 is 19.1 Å². The first-order valence-corrected chi connectivity index (χ1v) is 9.82. The number of carbonyl (C=O) groups excluding carboxylic acids is 1. The lowest BCUT2D eigenvalue weighted by atomic mass is 10.0. The lowest BCUT2D eigenvalue weighted by Crippen LogP contribution is -2.22. The van der Waals surface area contributed by atoms with E-state index in [1.54, 1.807) is 18.9 Å². The number of benzene rings is 2. The van der Waals surface area contributed by atoms with Crippen LogP contribution in [-0.2, 0) is 27.5 Å². The molecule has 0 aliphatic carbocycles. The van der Waals surface area contributed by atoms with Crippen molar-refractivity contribution in [2.45, 2.75) is 33.0 Å². The van der Waals surface area contributed by atoms with Crippen LogP contribution in [0.1, 0.15) is 30.9 Å². The molecule has 1 fully saturated rings. The Morgan fingerprint density at radius 3 is 2.54 bits per heavy atom. The Morgan fingerprint density at radius 1 is 1.07 bits per heavy atom. The van der Waals surface area contributed by atoms with Crippen molar-refractivity contribution in [3.8, 4) is 5.75 Å². The van der Waals surface area contributed by atoms with Gasteiger partial charge >= 0.3 is 0 Å². The maximum Gasteiger partial charge on any atom is 0.223 e. The van der Waals surface area contributed by atoms with E-state index in [2.05, 4.69) is 6.07 Å². The Balaban J connectivity index is 1.46. The van der Waals surface area contributed by atoms with E-state index in [-0.39, 0.29) is 5.91 Å². The van der Waals surface area contributed by atoms with Gasteiger partial charge in [0.05, 0.1) is 13.2 Å². The van der Waals surface area contributed by atoms with Crippen LogP contribution in [0.5, 0.6) is 5.75 Å². The molecular weight excluding hydrogens is 354 g/mol. The lowest BCUT2D eigenvalue weighted by molar-refractivity contribution is -0.116. The molecule has 0 saturated carbocycles. The summed E-state index contributed by atoms with van der Waals surface area (Å²) in [5.74, 6) is 1.45. The fourth-order valence-corrected chi connectivity index (χ4v) is 3.15. The van der Waals surface area contributed by atoms with Crippen molar-refractivity contribution in [2.24, 2.45) is 5.92 Å². The van der Waals surface area contributed by atoms with E-state index in [0.717, 1.165) is 55.2 Å². The third-order valence-electron chi connectivity index (χ3n) is 5.06. The molecule has 0 atom stereocenters. The molecule has 1 aliphatic heterocycles. The highest BCUT2D eigenvalue weighted by Gasteiger charge is 2.13. The lowest BCUT2D eigenvalue weighted by Gasteiger charge is -2.21. The highest BCUT2D eigenvalue weighted by Crippen LogP contribution is 2.19. The van der Waals surface area contributed by atoms with Gasteiger partial charge in [-0.1, -0.05) is 24.3 Å². The molecule has 1 heterocycles. The summed E-state index contributed by atoms with van der Waals surface area (Å²) in [6.45, 7) is 5.12. The van der Waals surface area contributed by atoms with E-state index >= 15 is 0 Å². The van der Waals surface area contributed by atoms with Crippen molar-refractivity contribution in [1.29, 1.82) is 0 Å². The molecule has 3 rings (SSSR count). The Hall–Kier alpha value is -2.37. The molecule has 1 amide bonds. The summed E-state index contributed by atoms with van der Waals surface area (Å²) < 4.78 is 17.2. The molecule has 1 aliphatic rings. The Kier molecular flexibility index (Phi) is 7.46. The Morgan fingerprint density at radius 2 is 1.82 bits per heavy atom. The highest BCUT2D eigenvalue weighted by molar-refractivity contribution is 5.90. The highest BCUT2D eigenvalue weighted by atomic mass is 16.5. The molecule has 0 radical (unpaired) electrons. The van der Waals surface area contributed by atoms with Gasteiger partial charge in [0.1, 0.15) is 12.4 Å². The molecule has 2 aromatic rings. The van der Waals surface area contributed by atoms with Gasteiger partial charge in [-0.2, -0.15) is 0 Å². The normalized spacial score (nSPS) is 14.6. The van der Waals surface area contributed by atoms with Gasteiger partial charge in [-0.05, 0) is 54.2 Å². The molecule has 0 bridgehead atoms. The topological polar surface area (TPSA) is 48.0 Å². The molecule has 150 valence electrons. The second-order valence-corrected chi connectivity index (χ2v) is 7.25. The first kappa shape index (κ1) is 20.4. The summed E-state index contributed by atoms with van der Waals surface area (Å²) in [7, 11) is 1.77. The number of amides is 1. The molecule has 1 saturated heterocycles. The van der Waals surface area contributed by atoms with Crippen LogP contribution in [-0.4, -0.2) is 32.8 Å². The van der Waals surface area contributed by atoms with E-state index in [1.165, 1.54) is 0 Å². The van der Waals surface area contributed by atoms with Crippen molar-refractivity contribution >= 4 is 11.6 Å². The predicted molar refractivity (Wildman–Crippen MR) is 109 cm³/mol. The average molecular weight is 383 g/mol. The van der Waals surface area contributed by atoms with Crippen molar-refractivity contribution < 1.29 is 19.0 Å². The van der Waals surface area contributed by atoms with E-state index in [1.807, 2.05) is 42.5 Å². The van der Waals surface area contributed by atoms with Crippen molar-refractivity contribution in [3.63, 3.8) is 0 Å². The van der Waals surface area contributed by atoms with Crippen LogP contribution in [0, 0.1) is 5.92 Å². The van der Waals surface area contributed by atoms with Gasteiger partial charge in [0.15, 0.2) is 0 Å². The van der Waals surface area contributed by atoms with Crippen LogP contribution in [0.4, 0.5) is 5.69 Å².